The van der Waals surface area contributed by atoms with E-state index in [9.17, 15) is 4.79 Å². The summed E-state index contributed by atoms with van der Waals surface area (Å²) in [5.41, 5.74) is 1.85. The van der Waals surface area contributed by atoms with Crippen molar-refractivity contribution >= 4 is 21.8 Å². The van der Waals surface area contributed by atoms with Crippen molar-refractivity contribution in [3.05, 3.63) is 64.1 Å². The van der Waals surface area contributed by atoms with Crippen molar-refractivity contribution in [2.24, 2.45) is 0 Å². The third-order valence-corrected chi connectivity index (χ3v) is 4.11. The molecule has 0 unspecified atom stereocenters. The minimum atomic E-state index is -0.0678. The molecule has 122 valence electrons. The SMILES string of the molecule is CCCCOc1ccc(C(=O)NCCc2ccccc2)cc1Br. The summed E-state index contributed by atoms with van der Waals surface area (Å²) in [6.45, 7) is 3.44. The number of ether oxygens (including phenoxy) is 1. The highest BCUT2D eigenvalue weighted by molar-refractivity contribution is 9.10. The Morgan fingerprint density at radius 2 is 1.96 bits per heavy atom. The Hall–Kier alpha value is -1.81. The molecule has 0 saturated carbocycles. The summed E-state index contributed by atoms with van der Waals surface area (Å²) in [5.74, 6) is 0.709. The zero-order valence-corrected chi connectivity index (χ0v) is 14.9. The number of unbranched alkanes of at least 4 members (excludes halogenated alkanes) is 1. The highest BCUT2D eigenvalue weighted by Crippen LogP contribution is 2.26. The first-order valence-electron chi connectivity index (χ1n) is 7.95. The maximum Gasteiger partial charge on any atom is 0.251 e. The standard InChI is InChI=1S/C19H22BrNO2/c1-2-3-13-23-18-10-9-16(14-17(18)20)19(22)21-12-11-15-7-5-4-6-8-15/h4-10,14H,2-3,11-13H2,1H3,(H,21,22). The highest BCUT2D eigenvalue weighted by atomic mass is 79.9. The van der Waals surface area contributed by atoms with Crippen molar-refractivity contribution in [2.45, 2.75) is 26.2 Å². The van der Waals surface area contributed by atoms with Gasteiger partial charge < -0.3 is 10.1 Å². The predicted octanol–water partition coefficient (Wildman–Crippen LogP) is 4.60. The van der Waals surface area contributed by atoms with E-state index in [1.165, 1.54) is 5.56 Å². The molecule has 4 heteroatoms. The van der Waals surface area contributed by atoms with Gasteiger partial charge in [0.2, 0.25) is 0 Å². The van der Waals surface area contributed by atoms with Crippen LogP contribution in [0.2, 0.25) is 0 Å². The molecule has 1 N–H and O–H groups in total. The molecule has 0 heterocycles. The summed E-state index contributed by atoms with van der Waals surface area (Å²) in [7, 11) is 0. The molecule has 0 spiro atoms. The van der Waals surface area contributed by atoms with Gasteiger partial charge in [0, 0.05) is 12.1 Å². The van der Waals surface area contributed by atoms with Gasteiger partial charge in [-0.1, -0.05) is 43.7 Å². The van der Waals surface area contributed by atoms with Crippen LogP contribution in [0.4, 0.5) is 0 Å². The summed E-state index contributed by atoms with van der Waals surface area (Å²) in [6.07, 6.45) is 2.94. The molecule has 2 aromatic carbocycles. The van der Waals surface area contributed by atoms with Crippen LogP contribution in [0.1, 0.15) is 35.7 Å². The molecule has 0 radical (unpaired) electrons. The van der Waals surface area contributed by atoms with Crippen LogP contribution < -0.4 is 10.1 Å². The van der Waals surface area contributed by atoms with Crippen molar-refractivity contribution in [2.75, 3.05) is 13.2 Å². The lowest BCUT2D eigenvalue weighted by Gasteiger charge is -2.10. The summed E-state index contributed by atoms with van der Waals surface area (Å²) in [4.78, 5) is 12.2. The minimum Gasteiger partial charge on any atom is -0.492 e. The second-order valence-electron chi connectivity index (χ2n) is 5.34. The van der Waals surface area contributed by atoms with E-state index in [-0.39, 0.29) is 5.91 Å². The lowest BCUT2D eigenvalue weighted by Crippen LogP contribution is -2.25. The van der Waals surface area contributed by atoms with Gasteiger partial charge >= 0.3 is 0 Å². The Morgan fingerprint density at radius 1 is 1.17 bits per heavy atom. The quantitative estimate of drug-likeness (QED) is 0.684. The van der Waals surface area contributed by atoms with Crippen LogP contribution in [0.3, 0.4) is 0 Å². The largest absolute Gasteiger partial charge is 0.492 e. The van der Waals surface area contributed by atoms with Crippen molar-refractivity contribution in [3.63, 3.8) is 0 Å². The Bertz CT molecular complexity index is 629. The van der Waals surface area contributed by atoms with E-state index in [4.69, 9.17) is 4.74 Å². The molecule has 0 saturated heterocycles. The summed E-state index contributed by atoms with van der Waals surface area (Å²) < 4.78 is 6.48. The van der Waals surface area contributed by atoms with E-state index in [0.717, 1.165) is 29.5 Å². The monoisotopic (exact) mass is 375 g/mol. The van der Waals surface area contributed by atoms with E-state index >= 15 is 0 Å². The number of benzene rings is 2. The Kier molecular flexibility index (Phi) is 7.14. The topological polar surface area (TPSA) is 38.3 Å². The van der Waals surface area contributed by atoms with E-state index < -0.39 is 0 Å². The average Bonchev–Trinajstić information content (AvgIpc) is 2.57. The number of nitrogens with one attached hydrogen (secondary N) is 1. The maximum absolute atomic E-state index is 12.2. The van der Waals surface area contributed by atoms with Crippen LogP contribution in [0, 0.1) is 0 Å². The number of halogens is 1. The van der Waals surface area contributed by atoms with Gasteiger partial charge in [-0.15, -0.1) is 0 Å². The zero-order valence-electron chi connectivity index (χ0n) is 13.3. The first kappa shape index (κ1) is 17.5. The van der Waals surface area contributed by atoms with E-state index in [2.05, 4.69) is 40.3 Å². The molecule has 0 bridgehead atoms. The Labute approximate surface area is 146 Å². The molecule has 23 heavy (non-hydrogen) atoms. The van der Waals surface area contributed by atoms with E-state index in [1.54, 1.807) is 12.1 Å². The van der Waals surface area contributed by atoms with Crippen LogP contribution in [0.15, 0.2) is 53.0 Å². The molecule has 3 nitrogen and oxygen atoms in total. The van der Waals surface area contributed by atoms with Gasteiger partial charge in [-0.05, 0) is 52.5 Å². The predicted molar refractivity (Wildman–Crippen MR) is 97.0 cm³/mol. The third kappa shape index (κ3) is 5.71. The fourth-order valence-corrected chi connectivity index (χ4v) is 2.65. The van der Waals surface area contributed by atoms with Crippen molar-refractivity contribution in [1.82, 2.24) is 5.32 Å². The van der Waals surface area contributed by atoms with Crippen molar-refractivity contribution in [1.29, 1.82) is 0 Å². The van der Waals surface area contributed by atoms with Crippen LogP contribution in [0.5, 0.6) is 5.75 Å². The molecule has 2 rings (SSSR count). The maximum atomic E-state index is 12.2. The highest BCUT2D eigenvalue weighted by Gasteiger charge is 2.09. The number of rotatable bonds is 8. The molecule has 1 amide bonds. The van der Waals surface area contributed by atoms with Crippen LogP contribution in [-0.4, -0.2) is 19.1 Å². The van der Waals surface area contributed by atoms with Crippen LogP contribution >= 0.6 is 15.9 Å². The number of amides is 1. The third-order valence-electron chi connectivity index (χ3n) is 3.49. The fourth-order valence-electron chi connectivity index (χ4n) is 2.15. The second kappa shape index (κ2) is 9.36. The number of carbonyl (C=O) groups excluding carboxylic acids is 1. The molecular formula is C19H22BrNO2. The van der Waals surface area contributed by atoms with Gasteiger partial charge in [-0.3, -0.25) is 4.79 Å². The molecule has 0 aliphatic carbocycles. The lowest BCUT2D eigenvalue weighted by atomic mass is 10.1. The molecule has 0 atom stereocenters. The fraction of sp³-hybridized carbons (Fsp3) is 0.316. The van der Waals surface area contributed by atoms with Gasteiger partial charge in [-0.2, -0.15) is 0 Å². The normalized spacial score (nSPS) is 10.3. The molecule has 0 aliphatic heterocycles. The van der Waals surface area contributed by atoms with Gasteiger partial charge in [0.05, 0.1) is 11.1 Å². The summed E-state index contributed by atoms with van der Waals surface area (Å²) >= 11 is 3.47. The number of hydrogen-bond acceptors (Lipinski definition) is 2. The van der Waals surface area contributed by atoms with Crippen LogP contribution in [-0.2, 0) is 6.42 Å². The summed E-state index contributed by atoms with van der Waals surface area (Å²) in [6, 6.07) is 15.6. The molecule has 2 aromatic rings. The molecular weight excluding hydrogens is 354 g/mol. The average molecular weight is 376 g/mol. The number of carbonyl (C=O) groups is 1. The van der Waals surface area contributed by atoms with Gasteiger partial charge in [-0.25, -0.2) is 0 Å². The number of hydrogen-bond donors (Lipinski definition) is 1. The molecule has 0 fully saturated rings. The van der Waals surface area contributed by atoms with Gasteiger partial charge in [0.1, 0.15) is 5.75 Å². The second-order valence-corrected chi connectivity index (χ2v) is 6.19. The molecule has 0 aliphatic rings. The van der Waals surface area contributed by atoms with Crippen molar-refractivity contribution in [3.8, 4) is 5.75 Å². The van der Waals surface area contributed by atoms with Crippen LogP contribution in [0.25, 0.3) is 0 Å². The first-order chi connectivity index (χ1) is 11.2. The summed E-state index contributed by atoms with van der Waals surface area (Å²) in [5, 5.41) is 2.95. The van der Waals surface area contributed by atoms with E-state index in [1.807, 2.05) is 24.3 Å². The smallest absolute Gasteiger partial charge is 0.251 e. The Morgan fingerprint density at radius 3 is 2.65 bits per heavy atom. The lowest BCUT2D eigenvalue weighted by molar-refractivity contribution is 0.0954. The first-order valence-corrected chi connectivity index (χ1v) is 8.74. The van der Waals surface area contributed by atoms with Gasteiger partial charge in [0.25, 0.3) is 5.91 Å². The van der Waals surface area contributed by atoms with Crippen molar-refractivity contribution < 1.29 is 9.53 Å². The van der Waals surface area contributed by atoms with Gasteiger partial charge in [0.15, 0.2) is 0 Å². The van der Waals surface area contributed by atoms with E-state index in [0.29, 0.717) is 18.7 Å². The molecule has 0 aromatic heterocycles. The minimum absolute atomic E-state index is 0.0678. The zero-order chi connectivity index (χ0) is 16.5. The Balaban J connectivity index is 1.85.